The van der Waals surface area contributed by atoms with Crippen molar-refractivity contribution in [1.82, 2.24) is 14.7 Å². The Morgan fingerprint density at radius 2 is 1.74 bits per heavy atom. The Morgan fingerprint density at radius 1 is 1.00 bits per heavy atom. The van der Waals surface area contributed by atoms with E-state index in [-0.39, 0.29) is 5.69 Å². The van der Waals surface area contributed by atoms with Crippen molar-refractivity contribution < 1.29 is 9.18 Å². The van der Waals surface area contributed by atoms with Gasteiger partial charge in [-0.25, -0.2) is 9.07 Å². The van der Waals surface area contributed by atoms with Crippen LogP contribution in [0, 0.1) is 18.2 Å². The molecule has 1 amide bonds. The van der Waals surface area contributed by atoms with Crippen LogP contribution in [0.3, 0.4) is 0 Å². The molecular weight excluding hydrogens is 465 g/mol. The van der Waals surface area contributed by atoms with Crippen molar-refractivity contribution in [1.29, 1.82) is 5.41 Å². The lowest BCUT2D eigenvalue weighted by atomic mass is 10.1. The standard InChI is InChI=1S/C27H25ClFN5O/c1-17-13-25(34(32-17)22-9-6-18-14-21(28)8-5-19(18)15-22)27(35)31-24-10-7-20(16-23(24)29)26(30)33-11-3-2-4-12-33/h5-10,13-16,30H,2-4,11-12H2,1H3,(H,31,35). The third-order valence-electron chi connectivity index (χ3n) is 6.26. The lowest BCUT2D eigenvalue weighted by molar-refractivity contribution is 0.101. The highest BCUT2D eigenvalue weighted by Crippen LogP contribution is 2.24. The third-order valence-corrected chi connectivity index (χ3v) is 6.49. The van der Waals surface area contributed by atoms with Crippen LogP contribution in [0.2, 0.25) is 5.02 Å². The summed E-state index contributed by atoms with van der Waals surface area (Å²) in [6.07, 6.45) is 3.24. The molecular formula is C27H25ClFN5O. The highest BCUT2D eigenvalue weighted by Gasteiger charge is 2.19. The molecule has 5 rings (SSSR count). The number of carbonyl (C=O) groups excluding carboxylic acids is 1. The van der Waals surface area contributed by atoms with Gasteiger partial charge in [0.05, 0.1) is 17.1 Å². The number of nitrogens with one attached hydrogen (secondary N) is 2. The van der Waals surface area contributed by atoms with Crippen molar-refractivity contribution in [3.05, 3.63) is 88.5 Å². The van der Waals surface area contributed by atoms with Gasteiger partial charge in [0.1, 0.15) is 17.3 Å². The van der Waals surface area contributed by atoms with Gasteiger partial charge in [-0.1, -0.05) is 23.7 Å². The van der Waals surface area contributed by atoms with E-state index in [0.29, 0.717) is 33.5 Å². The molecule has 0 unspecified atom stereocenters. The number of likely N-dealkylation sites (tertiary alicyclic amines) is 1. The second kappa shape index (κ2) is 9.50. The van der Waals surface area contributed by atoms with Gasteiger partial charge in [-0.15, -0.1) is 0 Å². The number of benzene rings is 3. The fourth-order valence-corrected chi connectivity index (χ4v) is 4.62. The van der Waals surface area contributed by atoms with Gasteiger partial charge in [0, 0.05) is 23.7 Å². The zero-order chi connectivity index (χ0) is 24.5. The van der Waals surface area contributed by atoms with Gasteiger partial charge in [-0.05, 0) is 85.5 Å². The summed E-state index contributed by atoms with van der Waals surface area (Å²) < 4.78 is 16.5. The molecule has 3 aromatic carbocycles. The van der Waals surface area contributed by atoms with Crippen molar-refractivity contribution in [3.63, 3.8) is 0 Å². The van der Waals surface area contributed by atoms with E-state index >= 15 is 0 Å². The van der Waals surface area contributed by atoms with E-state index in [1.165, 1.54) is 12.1 Å². The number of aryl methyl sites for hydroxylation is 1. The fraction of sp³-hybridized carbons (Fsp3) is 0.222. The van der Waals surface area contributed by atoms with Crippen LogP contribution in [0.15, 0.2) is 60.7 Å². The number of carbonyl (C=O) groups is 1. The van der Waals surface area contributed by atoms with Crippen LogP contribution in [0.5, 0.6) is 0 Å². The maximum atomic E-state index is 14.9. The lowest BCUT2D eigenvalue weighted by Crippen LogP contribution is -2.35. The molecule has 1 fully saturated rings. The Morgan fingerprint density at radius 3 is 2.51 bits per heavy atom. The summed E-state index contributed by atoms with van der Waals surface area (Å²) in [4.78, 5) is 15.1. The molecule has 178 valence electrons. The number of fused-ring (bicyclic) bond motifs is 1. The minimum Gasteiger partial charge on any atom is -0.357 e. The monoisotopic (exact) mass is 489 g/mol. The Balaban J connectivity index is 1.39. The highest BCUT2D eigenvalue weighted by atomic mass is 35.5. The van der Waals surface area contributed by atoms with Gasteiger partial charge in [0.2, 0.25) is 0 Å². The maximum Gasteiger partial charge on any atom is 0.274 e. The van der Waals surface area contributed by atoms with Gasteiger partial charge >= 0.3 is 0 Å². The van der Waals surface area contributed by atoms with Crippen molar-refractivity contribution in [2.75, 3.05) is 18.4 Å². The molecule has 0 radical (unpaired) electrons. The topological polar surface area (TPSA) is 74.0 Å². The number of hydrogen-bond acceptors (Lipinski definition) is 3. The van der Waals surface area contributed by atoms with Crippen molar-refractivity contribution in [2.45, 2.75) is 26.2 Å². The van der Waals surface area contributed by atoms with E-state index in [0.717, 1.165) is 43.1 Å². The molecule has 4 aromatic rings. The molecule has 35 heavy (non-hydrogen) atoms. The molecule has 0 atom stereocenters. The molecule has 0 bridgehead atoms. The van der Waals surface area contributed by atoms with Gasteiger partial charge in [0.15, 0.2) is 0 Å². The first kappa shape index (κ1) is 23.1. The first-order chi connectivity index (χ1) is 16.9. The number of halogens is 2. The van der Waals surface area contributed by atoms with E-state index in [2.05, 4.69) is 10.4 Å². The average Bonchev–Trinajstić information content (AvgIpc) is 3.26. The summed E-state index contributed by atoms with van der Waals surface area (Å²) in [6.45, 7) is 3.42. The average molecular weight is 490 g/mol. The lowest BCUT2D eigenvalue weighted by Gasteiger charge is -2.29. The van der Waals surface area contributed by atoms with Crippen molar-refractivity contribution in [2.24, 2.45) is 0 Å². The molecule has 1 saturated heterocycles. The third kappa shape index (κ3) is 4.77. The Hall–Kier alpha value is -3.71. The van der Waals surface area contributed by atoms with Crippen LogP contribution in [-0.4, -0.2) is 39.5 Å². The number of hydrogen-bond donors (Lipinski definition) is 2. The van der Waals surface area contributed by atoms with Crippen LogP contribution in [0.4, 0.5) is 10.1 Å². The van der Waals surface area contributed by atoms with E-state index < -0.39 is 11.7 Å². The Kier molecular flexibility index (Phi) is 6.26. The minimum absolute atomic E-state index is 0.0590. The molecule has 8 heteroatoms. The highest BCUT2D eigenvalue weighted by molar-refractivity contribution is 6.31. The summed E-state index contributed by atoms with van der Waals surface area (Å²) in [5, 5.41) is 18.2. The molecule has 6 nitrogen and oxygen atoms in total. The summed E-state index contributed by atoms with van der Waals surface area (Å²) in [6, 6.07) is 17.5. The summed E-state index contributed by atoms with van der Waals surface area (Å²) in [5.41, 5.74) is 2.23. The molecule has 2 N–H and O–H groups in total. The largest absolute Gasteiger partial charge is 0.357 e. The second-order valence-corrected chi connectivity index (χ2v) is 9.24. The number of aromatic nitrogens is 2. The van der Waals surface area contributed by atoms with E-state index in [1.807, 2.05) is 41.3 Å². The Labute approximate surface area is 207 Å². The summed E-state index contributed by atoms with van der Waals surface area (Å²) in [5.74, 6) is -0.740. The van der Waals surface area contributed by atoms with Gasteiger partial charge in [-0.2, -0.15) is 5.10 Å². The molecule has 1 aliphatic rings. The first-order valence-corrected chi connectivity index (χ1v) is 12.0. The van der Waals surface area contributed by atoms with Crippen LogP contribution in [0.1, 0.15) is 41.0 Å². The fourth-order valence-electron chi connectivity index (χ4n) is 4.44. The van der Waals surface area contributed by atoms with Crippen LogP contribution < -0.4 is 5.32 Å². The quantitative estimate of drug-likeness (QED) is 0.265. The van der Waals surface area contributed by atoms with Crippen LogP contribution >= 0.6 is 11.6 Å². The molecule has 1 aromatic heterocycles. The number of anilines is 1. The number of amidine groups is 1. The van der Waals surface area contributed by atoms with E-state index in [1.54, 1.807) is 23.7 Å². The normalized spacial score (nSPS) is 13.7. The smallest absolute Gasteiger partial charge is 0.274 e. The van der Waals surface area contributed by atoms with Crippen molar-refractivity contribution in [3.8, 4) is 5.69 Å². The van der Waals surface area contributed by atoms with Crippen LogP contribution in [-0.2, 0) is 0 Å². The number of piperidine rings is 1. The molecule has 2 heterocycles. The van der Waals surface area contributed by atoms with Gasteiger partial charge in [0.25, 0.3) is 5.91 Å². The zero-order valence-corrected chi connectivity index (χ0v) is 20.1. The number of amides is 1. The molecule has 0 saturated carbocycles. The molecule has 0 aliphatic carbocycles. The first-order valence-electron chi connectivity index (χ1n) is 11.6. The van der Waals surface area contributed by atoms with Gasteiger partial charge < -0.3 is 10.2 Å². The summed E-state index contributed by atoms with van der Waals surface area (Å²) >= 11 is 6.09. The molecule has 1 aliphatic heterocycles. The van der Waals surface area contributed by atoms with Crippen molar-refractivity contribution >= 4 is 39.8 Å². The number of rotatable bonds is 4. The number of nitrogens with zero attached hydrogens (tertiary/aromatic N) is 3. The Bertz CT molecular complexity index is 1440. The van der Waals surface area contributed by atoms with E-state index in [4.69, 9.17) is 17.0 Å². The predicted octanol–water partition coefficient (Wildman–Crippen LogP) is 6.19. The van der Waals surface area contributed by atoms with E-state index in [9.17, 15) is 9.18 Å². The van der Waals surface area contributed by atoms with Crippen LogP contribution in [0.25, 0.3) is 16.5 Å². The second-order valence-electron chi connectivity index (χ2n) is 8.80. The zero-order valence-electron chi connectivity index (χ0n) is 19.3. The van der Waals surface area contributed by atoms with Gasteiger partial charge in [-0.3, -0.25) is 10.2 Å². The predicted molar refractivity (Wildman–Crippen MR) is 137 cm³/mol. The molecule has 0 spiro atoms. The maximum absolute atomic E-state index is 14.9. The summed E-state index contributed by atoms with van der Waals surface area (Å²) in [7, 11) is 0. The minimum atomic E-state index is -0.581. The SMILES string of the molecule is Cc1cc(C(=O)Nc2ccc(C(=N)N3CCCCC3)cc2F)n(-c2ccc3cc(Cl)ccc3c2)n1.